The van der Waals surface area contributed by atoms with Gasteiger partial charge >= 0.3 is 5.97 Å². The lowest BCUT2D eigenvalue weighted by Crippen LogP contribution is -2.30. The number of carbonyl (C=O) groups is 1. The zero-order valence-electron chi connectivity index (χ0n) is 18.5. The Labute approximate surface area is 190 Å². The number of rotatable bonds is 7. The highest BCUT2D eigenvalue weighted by atomic mass is 32.2. The van der Waals surface area contributed by atoms with Gasteiger partial charge in [-0.1, -0.05) is 6.92 Å². The summed E-state index contributed by atoms with van der Waals surface area (Å²) in [4.78, 5) is 15.3. The molecule has 9 nitrogen and oxygen atoms in total. The SMILES string of the molecule is CC(C)Oc1ccc(S(=O)(=O)N2C[C@@H](C)[C@@H](n3nc(CC(=O)O)c4ccc(F)cc43)C2)nc1. The number of hydrogen-bond donors (Lipinski definition) is 1. The normalized spacial score (nSPS) is 19.4. The first-order chi connectivity index (χ1) is 15.6. The molecule has 4 rings (SSSR count). The van der Waals surface area contributed by atoms with Crippen LogP contribution in [0, 0.1) is 11.7 Å². The summed E-state index contributed by atoms with van der Waals surface area (Å²) in [7, 11) is -3.87. The van der Waals surface area contributed by atoms with E-state index < -0.39 is 27.9 Å². The standard InChI is InChI=1S/C22H25FN4O5S/c1-13(2)32-16-5-7-21(24-10-16)33(30,31)26-11-14(3)20(12-26)27-19-8-15(23)4-6-17(19)18(25-27)9-22(28)29/h4-8,10,13-14,20H,9,11-12H2,1-3H3,(H,28,29)/t14-,20+/m1/s1. The Kier molecular flexibility index (Phi) is 6.10. The molecule has 0 saturated carbocycles. The van der Waals surface area contributed by atoms with Crippen molar-refractivity contribution in [2.45, 2.75) is 44.4 Å². The molecule has 11 heteroatoms. The Hall–Kier alpha value is -3.05. The fraction of sp³-hybridized carbons (Fsp3) is 0.409. The van der Waals surface area contributed by atoms with Gasteiger partial charge in [-0.15, -0.1) is 0 Å². The molecule has 0 amide bonds. The molecule has 1 fully saturated rings. The van der Waals surface area contributed by atoms with Crippen LogP contribution in [0.2, 0.25) is 0 Å². The van der Waals surface area contributed by atoms with Crippen molar-refractivity contribution in [2.75, 3.05) is 13.1 Å². The van der Waals surface area contributed by atoms with E-state index >= 15 is 0 Å². The number of sulfonamides is 1. The number of fused-ring (bicyclic) bond motifs is 1. The van der Waals surface area contributed by atoms with Gasteiger partial charge < -0.3 is 9.84 Å². The number of aliphatic carboxylic acids is 1. The first-order valence-corrected chi connectivity index (χ1v) is 12.0. The number of benzene rings is 1. The van der Waals surface area contributed by atoms with Crippen molar-refractivity contribution in [1.29, 1.82) is 0 Å². The molecule has 0 aliphatic carbocycles. The van der Waals surface area contributed by atoms with Crippen LogP contribution in [0.5, 0.6) is 5.75 Å². The molecular formula is C22H25FN4O5S. The highest BCUT2D eigenvalue weighted by Gasteiger charge is 2.40. The Morgan fingerprint density at radius 1 is 1.27 bits per heavy atom. The Morgan fingerprint density at radius 2 is 2.03 bits per heavy atom. The van der Waals surface area contributed by atoms with Crippen LogP contribution in [0.4, 0.5) is 4.39 Å². The average Bonchev–Trinajstić information content (AvgIpc) is 3.28. The molecule has 2 atom stereocenters. The van der Waals surface area contributed by atoms with Crippen LogP contribution in [0.3, 0.4) is 0 Å². The summed E-state index contributed by atoms with van der Waals surface area (Å²) in [5, 5.41) is 14.1. The lowest BCUT2D eigenvalue weighted by Gasteiger charge is -2.17. The van der Waals surface area contributed by atoms with E-state index in [2.05, 4.69) is 10.1 Å². The molecule has 0 radical (unpaired) electrons. The molecule has 1 saturated heterocycles. The molecule has 0 unspecified atom stereocenters. The number of aromatic nitrogens is 3. The third-order valence-electron chi connectivity index (χ3n) is 5.60. The van der Waals surface area contributed by atoms with Crippen molar-refractivity contribution in [1.82, 2.24) is 19.1 Å². The number of nitrogens with zero attached hydrogens (tertiary/aromatic N) is 4. The molecule has 1 aliphatic heterocycles. The van der Waals surface area contributed by atoms with Gasteiger partial charge in [0.2, 0.25) is 0 Å². The summed E-state index contributed by atoms with van der Waals surface area (Å²) in [6, 6.07) is 6.65. The van der Waals surface area contributed by atoms with Crippen LogP contribution in [-0.2, 0) is 21.2 Å². The van der Waals surface area contributed by atoms with E-state index in [0.29, 0.717) is 22.3 Å². The summed E-state index contributed by atoms with van der Waals surface area (Å²) >= 11 is 0. The molecule has 2 aromatic heterocycles. The van der Waals surface area contributed by atoms with E-state index in [9.17, 15) is 22.7 Å². The second kappa shape index (κ2) is 8.71. The average molecular weight is 477 g/mol. The van der Waals surface area contributed by atoms with Crippen molar-refractivity contribution in [3.8, 4) is 5.75 Å². The van der Waals surface area contributed by atoms with Gasteiger partial charge in [0.25, 0.3) is 10.0 Å². The van der Waals surface area contributed by atoms with E-state index in [4.69, 9.17) is 4.74 Å². The minimum atomic E-state index is -3.87. The van der Waals surface area contributed by atoms with Gasteiger partial charge in [0.15, 0.2) is 5.03 Å². The number of halogens is 1. The van der Waals surface area contributed by atoms with E-state index in [1.165, 1.54) is 34.8 Å². The minimum Gasteiger partial charge on any atom is -0.489 e. The molecule has 1 aliphatic rings. The highest BCUT2D eigenvalue weighted by Crippen LogP contribution is 2.34. The van der Waals surface area contributed by atoms with Crippen molar-refractivity contribution >= 4 is 26.9 Å². The number of carboxylic acids is 1. The molecular weight excluding hydrogens is 451 g/mol. The highest BCUT2D eigenvalue weighted by molar-refractivity contribution is 7.89. The van der Waals surface area contributed by atoms with Gasteiger partial charge in [0.1, 0.15) is 11.6 Å². The van der Waals surface area contributed by atoms with Crippen LogP contribution >= 0.6 is 0 Å². The van der Waals surface area contributed by atoms with Crippen LogP contribution in [0.25, 0.3) is 10.9 Å². The summed E-state index contributed by atoms with van der Waals surface area (Å²) in [6.07, 6.45) is 1.01. The fourth-order valence-corrected chi connectivity index (χ4v) is 5.59. The number of ether oxygens (including phenoxy) is 1. The zero-order chi connectivity index (χ0) is 23.9. The quantitative estimate of drug-likeness (QED) is 0.558. The lowest BCUT2D eigenvalue weighted by molar-refractivity contribution is -0.136. The monoisotopic (exact) mass is 476 g/mol. The van der Waals surface area contributed by atoms with Gasteiger partial charge in [0.05, 0.1) is 36.0 Å². The van der Waals surface area contributed by atoms with E-state index in [1.807, 2.05) is 20.8 Å². The molecule has 33 heavy (non-hydrogen) atoms. The van der Waals surface area contributed by atoms with E-state index in [1.54, 1.807) is 10.7 Å². The van der Waals surface area contributed by atoms with Crippen LogP contribution < -0.4 is 4.74 Å². The predicted octanol–water partition coefficient (Wildman–Crippen LogP) is 2.87. The molecule has 3 aromatic rings. The van der Waals surface area contributed by atoms with Crippen LogP contribution in [-0.4, -0.2) is 57.8 Å². The van der Waals surface area contributed by atoms with Gasteiger partial charge in [-0.3, -0.25) is 9.48 Å². The molecule has 0 bridgehead atoms. The molecule has 176 valence electrons. The van der Waals surface area contributed by atoms with Gasteiger partial charge in [-0.05, 0) is 50.1 Å². The smallest absolute Gasteiger partial charge is 0.309 e. The van der Waals surface area contributed by atoms with Crippen molar-refractivity contribution in [3.63, 3.8) is 0 Å². The third-order valence-corrected chi connectivity index (χ3v) is 7.35. The third kappa shape index (κ3) is 4.55. The first kappa shape index (κ1) is 23.1. The maximum atomic E-state index is 14.0. The molecule has 3 heterocycles. The van der Waals surface area contributed by atoms with Gasteiger partial charge in [0, 0.05) is 18.5 Å². The van der Waals surface area contributed by atoms with Crippen molar-refractivity contribution < 1.29 is 27.4 Å². The Bertz CT molecular complexity index is 1290. The van der Waals surface area contributed by atoms with Crippen LogP contribution in [0.15, 0.2) is 41.6 Å². The maximum absolute atomic E-state index is 14.0. The largest absolute Gasteiger partial charge is 0.489 e. The Balaban J connectivity index is 1.64. The first-order valence-electron chi connectivity index (χ1n) is 10.6. The van der Waals surface area contributed by atoms with E-state index in [0.717, 1.165) is 0 Å². The zero-order valence-corrected chi connectivity index (χ0v) is 19.3. The summed E-state index contributed by atoms with van der Waals surface area (Å²) in [6.45, 7) is 5.95. The predicted molar refractivity (Wildman–Crippen MR) is 118 cm³/mol. The van der Waals surface area contributed by atoms with E-state index in [-0.39, 0.29) is 36.6 Å². The van der Waals surface area contributed by atoms with Crippen molar-refractivity contribution in [2.24, 2.45) is 5.92 Å². The van der Waals surface area contributed by atoms with Gasteiger partial charge in [-0.25, -0.2) is 17.8 Å². The second-order valence-corrected chi connectivity index (χ2v) is 10.4. The number of pyridine rings is 1. The Morgan fingerprint density at radius 3 is 2.67 bits per heavy atom. The number of carboxylic acid groups (broad SMARTS) is 1. The molecule has 1 N–H and O–H groups in total. The molecule has 1 aromatic carbocycles. The topological polar surface area (TPSA) is 115 Å². The summed E-state index contributed by atoms with van der Waals surface area (Å²) < 4.78 is 48.8. The summed E-state index contributed by atoms with van der Waals surface area (Å²) in [5.74, 6) is -1.20. The minimum absolute atomic E-state index is 0.0609. The number of hydrogen-bond acceptors (Lipinski definition) is 6. The van der Waals surface area contributed by atoms with Crippen LogP contribution in [0.1, 0.15) is 32.5 Å². The lowest BCUT2D eigenvalue weighted by atomic mass is 10.1. The van der Waals surface area contributed by atoms with Crippen molar-refractivity contribution in [3.05, 3.63) is 48.0 Å². The fourth-order valence-electron chi connectivity index (χ4n) is 4.12. The second-order valence-electron chi connectivity index (χ2n) is 8.49. The van der Waals surface area contributed by atoms with Gasteiger partial charge in [-0.2, -0.15) is 9.40 Å². The summed E-state index contributed by atoms with van der Waals surface area (Å²) in [5.41, 5.74) is 0.754. The maximum Gasteiger partial charge on any atom is 0.309 e. The molecule has 0 spiro atoms.